The quantitative estimate of drug-likeness (QED) is 0.538. The number of fused-ring (bicyclic) bond motifs is 1. The van der Waals surface area contributed by atoms with Crippen molar-refractivity contribution in [3.63, 3.8) is 0 Å². The molecule has 2 aromatic carbocycles. The Morgan fingerprint density at radius 2 is 2.07 bits per heavy atom. The van der Waals surface area contributed by atoms with Crippen molar-refractivity contribution in [2.24, 2.45) is 0 Å². The first-order valence-corrected chi connectivity index (χ1v) is 8.55. The Hall–Kier alpha value is -3.88. The molecule has 28 heavy (non-hydrogen) atoms. The van der Waals surface area contributed by atoms with Crippen molar-refractivity contribution in [3.05, 3.63) is 76.6 Å². The smallest absolute Gasteiger partial charge is 0.270 e. The number of para-hydroxylation sites is 2. The number of nitrogens with one attached hydrogen (secondary N) is 1. The molecule has 0 aliphatic carbocycles. The second kappa shape index (κ2) is 7.39. The van der Waals surface area contributed by atoms with Crippen LogP contribution in [0.15, 0.2) is 60.9 Å². The molecule has 3 aromatic rings. The summed E-state index contributed by atoms with van der Waals surface area (Å²) < 4.78 is 13.2. The van der Waals surface area contributed by atoms with E-state index in [9.17, 15) is 14.9 Å². The maximum absolute atomic E-state index is 12.3. The van der Waals surface area contributed by atoms with Gasteiger partial charge in [0.1, 0.15) is 6.61 Å². The van der Waals surface area contributed by atoms with Gasteiger partial charge in [0.15, 0.2) is 17.6 Å². The van der Waals surface area contributed by atoms with Crippen LogP contribution in [0.5, 0.6) is 11.5 Å². The highest BCUT2D eigenvalue weighted by Crippen LogP contribution is 2.31. The maximum atomic E-state index is 12.3. The van der Waals surface area contributed by atoms with E-state index in [2.05, 4.69) is 10.4 Å². The van der Waals surface area contributed by atoms with E-state index in [1.54, 1.807) is 10.9 Å². The van der Waals surface area contributed by atoms with Crippen molar-refractivity contribution >= 4 is 17.3 Å². The first-order valence-electron chi connectivity index (χ1n) is 8.55. The Bertz CT molecular complexity index is 1030. The highest BCUT2D eigenvalue weighted by Gasteiger charge is 2.21. The Morgan fingerprint density at radius 1 is 1.25 bits per heavy atom. The number of nitrogens with zero attached hydrogens (tertiary/aromatic N) is 3. The van der Waals surface area contributed by atoms with Crippen LogP contribution in [-0.2, 0) is 6.54 Å². The Kier molecular flexibility index (Phi) is 4.63. The predicted molar refractivity (Wildman–Crippen MR) is 99.6 cm³/mol. The number of amides is 1. The van der Waals surface area contributed by atoms with Gasteiger partial charge in [-0.2, -0.15) is 5.10 Å². The van der Waals surface area contributed by atoms with Crippen LogP contribution in [-0.4, -0.2) is 33.3 Å². The SMILES string of the molecule is O=C(Nc1cnn(CC2COc3ccccc3O2)c1)c1cccc([N+](=O)[O-])c1. The standard InChI is InChI=1S/C19H16N4O5/c24-19(13-4-3-5-15(8-13)23(25)26)21-14-9-20-22(10-14)11-16-12-27-17-6-1-2-7-18(17)28-16/h1-10,16H,11-12H2,(H,21,24). The molecule has 0 saturated carbocycles. The summed E-state index contributed by atoms with van der Waals surface area (Å²) in [5, 5.41) is 17.7. The Morgan fingerprint density at radius 3 is 2.89 bits per heavy atom. The summed E-state index contributed by atoms with van der Waals surface area (Å²) in [6, 6.07) is 13.0. The van der Waals surface area contributed by atoms with Gasteiger partial charge in [0.05, 0.1) is 23.4 Å². The van der Waals surface area contributed by atoms with Crippen LogP contribution < -0.4 is 14.8 Å². The minimum Gasteiger partial charge on any atom is -0.486 e. The average Bonchev–Trinajstić information content (AvgIpc) is 3.14. The number of nitro benzene ring substituents is 1. The van der Waals surface area contributed by atoms with Gasteiger partial charge in [-0.25, -0.2) is 0 Å². The summed E-state index contributed by atoms with van der Waals surface area (Å²) in [7, 11) is 0. The van der Waals surface area contributed by atoms with Gasteiger partial charge in [-0.05, 0) is 18.2 Å². The van der Waals surface area contributed by atoms with Crippen molar-refractivity contribution < 1.29 is 19.2 Å². The van der Waals surface area contributed by atoms with E-state index in [1.165, 1.54) is 30.5 Å². The van der Waals surface area contributed by atoms with Crippen LogP contribution in [0, 0.1) is 10.1 Å². The van der Waals surface area contributed by atoms with E-state index in [-0.39, 0.29) is 17.4 Å². The van der Waals surface area contributed by atoms with E-state index in [0.29, 0.717) is 30.3 Å². The molecule has 0 radical (unpaired) electrons. The molecule has 1 aromatic heterocycles. The summed E-state index contributed by atoms with van der Waals surface area (Å²) in [4.78, 5) is 22.6. The van der Waals surface area contributed by atoms with Crippen molar-refractivity contribution in [3.8, 4) is 11.5 Å². The molecule has 4 rings (SSSR count). The monoisotopic (exact) mass is 380 g/mol. The Labute approximate surface area is 159 Å². The molecule has 9 heteroatoms. The van der Waals surface area contributed by atoms with Crippen LogP contribution in [0.1, 0.15) is 10.4 Å². The molecule has 1 unspecified atom stereocenters. The van der Waals surface area contributed by atoms with E-state index < -0.39 is 10.8 Å². The predicted octanol–water partition coefficient (Wildman–Crippen LogP) is 2.88. The lowest BCUT2D eigenvalue weighted by molar-refractivity contribution is -0.384. The molecule has 1 amide bonds. The van der Waals surface area contributed by atoms with Crippen molar-refractivity contribution in [1.82, 2.24) is 9.78 Å². The fourth-order valence-corrected chi connectivity index (χ4v) is 2.85. The van der Waals surface area contributed by atoms with Gasteiger partial charge in [0.25, 0.3) is 11.6 Å². The van der Waals surface area contributed by atoms with Gasteiger partial charge in [-0.3, -0.25) is 19.6 Å². The molecule has 2 heterocycles. The third-order valence-electron chi connectivity index (χ3n) is 4.17. The lowest BCUT2D eigenvalue weighted by Gasteiger charge is -2.26. The summed E-state index contributed by atoms with van der Waals surface area (Å²) in [5.74, 6) is 0.948. The molecular formula is C19H16N4O5. The van der Waals surface area contributed by atoms with E-state index in [4.69, 9.17) is 9.47 Å². The molecular weight excluding hydrogens is 364 g/mol. The summed E-state index contributed by atoms with van der Waals surface area (Å²) in [5.41, 5.74) is 0.536. The zero-order valence-electron chi connectivity index (χ0n) is 14.6. The zero-order valence-corrected chi connectivity index (χ0v) is 14.6. The van der Waals surface area contributed by atoms with Crippen molar-refractivity contribution in [2.45, 2.75) is 12.6 Å². The lowest BCUT2D eigenvalue weighted by atomic mass is 10.2. The highest BCUT2D eigenvalue weighted by molar-refractivity contribution is 6.04. The number of ether oxygens (including phenoxy) is 2. The normalized spacial score (nSPS) is 15.1. The number of aromatic nitrogens is 2. The third-order valence-corrected chi connectivity index (χ3v) is 4.17. The van der Waals surface area contributed by atoms with Gasteiger partial charge in [-0.15, -0.1) is 0 Å². The fraction of sp³-hybridized carbons (Fsp3) is 0.158. The number of rotatable bonds is 5. The van der Waals surface area contributed by atoms with Gasteiger partial charge >= 0.3 is 0 Å². The van der Waals surface area contributed by atoms with E-state index >= 15 is 0 Å². The summed E-state index contributed by atoms with van der Waals surface area (Å²) >= 11 is 0. The van der Waals surface area contributed by atoms with Gasteiger partial charge in [0.2, 0.25) is 0 Å². The average molecular weight is 380 g/mol. The molecule has 1 aliphatic heterocycles. The number of non-ortho nitro benzene ring substituents is 1. The highest BCUT2D eigenvalue weighted by atomic mass is 16.6. The van der Waals surface area contributed by atoms with Crippen LogP contribution in [0.3, 0.4) is 0 Å². The maximum Gasteiger partial charge on any atom is 0.270 e. The third kappa shape index (κ3) is 3.78. The lowest BCUT2D eigenvalue weighted by Crippen LogP contribution is -2.33. The second-order valence-electron chi connectivity index (χ2n) is 6.21. The zero-order chi connectivity index (χ0) is 19.5. The minimum atomic E-state index is -0.542. The molecule has 1 aliphatic rings. The molecule has 1 atom stereocenters. The summed E-state index contributed by atoms with van der Waals surface area (Å²) in [6.45, 7) is 0.841. The van der Waals surface area contributed by atoms with Crippen molar-refractivity contribution in [2.75, 3.05) is 11.9 Å². The fourth-order valence-electron chi connectivity index (χ4n) is 2.85. The number of carbonyl (C=O) groups is 1. The van der Waals surface area contributed by atoms with Gasteiger partial charge in [-0.1, -0.05) is 18.2 Å². The number of benzene rings is 2. The van der Waals surface area contributed by atoms with E-state index in [0.717, 1.165) is 0 Å². The second-order valence-corrected chi connectivity index (χ2v) is 6.21. The van der Waals surface area contributed by atoms with E-state index in [1.807, 2.05) is 24.3 Å². The number of nitro groups is 1. The molecule has 9 nitrogen and oxygen atoms in total. The molecule has 0 spiro atoms. The number of hydrogen-bond donors (Lipinski definition) is 1. The van der Waals surface area contributed by atoms with Crippen LogP contribution >= 0.6 is 0 Å². The van der Waals surface area contributed by atoms with Crippen LogP contribution in [0.2, 0.25) is 0 Å². The first-order chi connectivity index (χ1) is 13.6. The largest absolute Gasteiger partial charge is 0.486 e. The molecule has 0 saturated heterocycles. The first kappa shape index (κ1) is 17.5. The van der Waals surface area contributed by atoms with Crippen LogP contribution in [0.4, 0.5) is 11.4 Å². The topological polar surface area (TPSA) is 109 Å². The number of anilines is 1. The number of hydrogen-bond acceptors (Lipinski definition) is 6. The molecule has 0 bridgehead atoms. The molecule has 0 fully saturated rings. The molecule has 142 valence electrons. The Balaban J connectivity index is 1.39. The minimum absolute atomic E-state index is 0.141. The van der Waals surface area contributed by atoms with Gasteiger partial charge in [0, 0.05) is 23.9 Å². The number of carbonyl (C=O) groups excluding carboxylic acids is 1. The summed E-state index contributed by atoms with van der Waals surface area (Å²) in [6.07, 6.45) is 2.96. The van der Waals surface area contributed by atoms with Gasteiger partial charge < -0.3 is 14.8 Å². The van der Waals surface area contributed by atoms with Crippen LogP contribution in [0.25, 0.3) is 0 Å². The van der Waals surface area contributed by atoms with Crippen molar-refractivity contribution in [1.29, 1.82) is 0 Å². The molecule has 1 N–H and O–H groups in total.